The Morgan fingerprint density at radius 1 is 1.31 bits per heavy atom. The number of nitrogens with zero attached hydrogens (tertiary/aromatic N) is 3. The molecule has 0 spiro atoms. The lowest BCUT2D eigenvalue weighted by Gasteiger charge is -2.01. The zero-order valence-corrected chi connectivity index (χ0v) is 9.86. The summed E-state index contributed by atoms with van der Waals surface area (Å²) in [5, 5.41) is 3.12. The van der Waals surface area contributed by atoms with Crippen molar-refractivity contribution in [3.8, 4) is 11.3 Å². The van der Waals surface area contributed by atoms with Gasteiger partial charge in [0, 0.05) is 30.7 Å². The monoisotopic (exact) mass is 216 g/mol. The first-order valence-corrected chi connectivity index (χ1v) is 5.31. The van der Waals surface area contributed by atoms with E-state index in [0.29, 0.717) is 0 Å². The Hall–Kier alpha value is -1.68. The molecule has 4 nitrogen and oxygen atoms in total. The van der Waals surface area contributed by atoms with Crippen molar-refractivity contribution < 1.29 is 0 Å². The van der Waals surface area contributed by atoms with Crippen LogP contribution in [-0.2, 0) is 13.6 Å². The summed E-state index contributed by atoms with van der Waals surface area (Å²) in [7, 11) is 3.97. The number of hydrogen-bond acceptors (Lipinski definition) is 3. The quantitative estimate of drug-likeness (QED) is 0.845. The van der Waals surface area contributed by atoms with E-state index < -0.39 is 0 Å². The summed E-state index contributed by atoms with van der Waals surface area (Å²) in [5.74, 6) is 1.05. The van der Waals surface area contributed by atoms with Gasteiger partial charge in [-0.1, -0.05) is 0 Å². The first-order valence-electron chi connectivity index (χ1n) is 5.31. The van der Waals surface area contributed by atoms with Crippen molar-refractivity contribution in [2.75, 3.05) is 7.05 Å². The Balaban J connectivity index is 2.46. The minimum Gasteiger partial charge on any atom is -0.334 e. The maximum atomic E-state index is 4.64. The Kier molecular flexibility index (Phi) is 3.01. The fourth-order valence-electron chi connectivity index (χ4n) is 1.74. The van der Waals surface area contributed by atoms with Crippen LogP contribution < -0.4 is 5.32 Å². The predicted octanol–water partition coefficient (Wildman–Crippen LogP) is 1.51. The van der Waals surface area contributed by atoms with Gasteiger partial charge >= 0.3 is 0 Å². The molecule has 2 aromatic heterocycles. The van der Waals surface area contributed by atoms with Gasteiger partial charge in [0.1, 0.15) is 5.82 Å². The van der Waals surface area contributed by atoms with Crippen molar-refractivity contribution in [2.45, 2.75) is 13.5 Å². The molecule has 0 aromatic carbocycles. The minimum atomic E-state index is 0.780. The van der Waals surface area contributed by atoms with Gasteiger partial charge in [0.05, 0.1) is 12.2 Å². The number of aromatic nitrogens is 3. The van der Waals surface area contributed by atoms with E-state index in [4.69, 9.17) is 0 Å². The second kappa shape index (κ2) is 4.45. The Bertz CT molecular complexity index is 473. The first-order chi connectivity index (χ1) is 7.74. The molecule has 2 heterocycles. The third kappa shape index (κ3) is 1.84. The molecule has 2 rings (SSSR count). The SMILES string of the molecule is CNCc1nc(-c2ccncc2)c(C)n1C. The average Bonchev–Trinajstić information content (AvgIpc) is 2.59. The molecular formula is C12H16N4. The van der Waals surface area contributed by atoms with Crippen molar-refractivity contribution in [1.82, 2.24) is 19.9 Å². The largest absolute Gasteiger partial charge is 0.334 e. The standard InChI is InChI=1S/C12H16N4/c1-9-12(10-4-6-14-7-5-10)15-11(8-13-2)16(9)3/h4-7,13H,8H2,1-3H3. The summed E-state index contributed by atoms with van der Waals surface area (Å²) in [5.41, 5.74) is 3.33. The highest BCUT2D eigenvalue weighted by molar-refractivity contribution is 5.61. The highest BCUT2D eigenvalue weighted by atomic mass is 15.1. The molecule has 0 unspecified atom stereocenters. The molecule has 0 aliphatic rings. The van der Waals surface area contributed by atoms with Crippen LogP contribution in [0.3, 0.4) is 0 Å². The summed E-state index contributed by atoms with van der Waals surface area (Å²) < 4.78 is 2.12. The van der Waals surface area contributed by atoms with Crippen LogP contribution in [-0.4, -0.2) is 21.6 Å². The van der Waals surface area contributed by atoms with Crippen molar-refractivity contribution in [3.63, 3.8) is 0 Å². The van der Waals surface area contributed by atoms with Gasteiger partial charge in [-0.2, -0.15) is 0 Å². The van der Waals surface area contributed by atoms with Crippen LogP contribution in [0.2, 0.25) is 0 Å². The van der Waals surface area contributed by atoms with E-state index in [1.54, 1.807) is 12.4 Å². The van der Waals surface area contributed by atoms with Gasteiger partial charge in [-0.25, -0.2) is 4.98 Å². The van der Waals surface area contributed by atoms with Crippen LogP contribution in [0.15, 0.2) is 24.5 Å². The van der Waals surface area contributed by atoms with Gasteiger partial charge in [-0.05, 0) is 26.1 Å². The number of pyridine rings is 1. The fraction of sp³-hybridized carbons (Fsp3) is 0.333. The van der Waals surface area contributed by atoms with Crippen molar-refractivity contribution in [3.05, 3.63) is 36.0 Å². The van der Waals surface area contributed by atoms with Crippen LogP contribution in [0.1, 0.15) is 11.5 Å². The van der Waals surface area contributed by atoms with E-state index in [0.717, 1.165) is 23.6 Å². The van der Waals surface area contributed by atoms with Gasteiger partial charge in [0.25, 0.3) is 0 Å². The molecule has 0 radical (unpaired) electrons. The highest BCUT2D eigenvalue weighted by Crippen LogP contribution is 2.21. The fourth-order valence-corrected chi connectivity index (χ4v) is 1.74. The molecule has 0 saturated heterocycles. The van der Waals surface area contributed by atoms with Crippen molar-refractivity contribution in [1.29, 1.82) is 0 Å². The lowest BCUT2D eigenvalue weighted by atomic mass is 10.2. The topological polar surface area (TPSA) is 42.7 Å². The van der Waals surface area contributed by atoms with Crippen LogP contribution in [0.25, 0.3) is 11.3 Å². The molecule has 0 aliphatic carbocycles. The normalized spacial score (nSPS) is 10.7. The predicted molar refractivity (Wildman–Crippen MR) is 63.9 cm³/mol. The lowest BCUT2D eigenvalue weighted by molar-refractivity contribution is 0.701. The van der Waals surface area contributed by atoms with E-state index in [9.17, 15) is 0 Å². The van der Waals surface area contributed by atoms with Crippen LogP contribution >= 0.6 is 0 Å². The maximum Gasteiger partial charge on any atom is 0.123 e. The van der Waals surface area contributed by atoms with E-state index >= 15 is 0 Å². The molecule has 2 aromatic rings. The molecule has 0 aliphatic heterocycles. The van der Waals surface area contributed by atoms with Gasteiger partial charge in [0.15, 0.2) is 0 Å². The molecule has 16 heavy (non-hydrogen) atoms. The molecule has 0 bridgehead atoms. The Morgan fingerprint density at radius 3 is 2.62 bits per heavy atom. The van der Waals surface area contributed by atoms with Gasteiger partial charge in [0.2, 0.25) is 0 Å². The molecule has 0 saturated carbocycles. The van der Waals surface area contributed by atoms with Gasteiger partial charge in [-0.15, -0.1) is 0 Å². The molecular weight excluding hydrogens is 200 g/mol. The number of imidazole rings is 1. The summed E-state index contributed by atoms with van der Waals surface area (Å²) >= 11 is 0. The summed E-state index contributed by atoms with van der Waals surface area (Å²) in [6.07, 6.45) is 3.59. The Morgan fingerprint density at radius 2 is 2.00 bits per heavy atom. The Labute approximate surface area is 95.4 Å². The minimum absolute atomic E-state index is 0.780. The van der Waals surface area contributed by atoms with E-state index in [-0.39, 0.29) is 0 Å². The zero-order chi connectivity index (χ0) is 11.5. The number of rotatable bonds is 3. The zero-order valence-electron chi connectivity index (χ0n) is 9.86. The summed E-state index contributed by atoms with van der Waals surface area (Å²) in [4.78, 5) is 8.66. The first kappa shape index (κ1) is 10.8. The van der Waals surface area contributed by atoms with Crippen LogP contribution in [0, 0.1) is 6.92 Å². The molecule has 0 fully saturated rings. The van der Waals surface area contributed by atoms with Crippen LogP contribution in [0.5, 0.6) is 0 Å². The van der Waals surface area contributed by atoms with Crippen molar-refractivity contribution in [2.24, 2.45) is 7.05 Å². The van der Waals surface area contributed by atoms with Gasteiger partial charge < -0.3 is 9.88 Å². The molecule has 4 heteroatoms. The lowest BCUT2D eigenvalue weighted by Crippen LogP contribution is -2.10. The molecule has 0 atom stereocenters. The van der Waals surface area contributed by atoms with Crippen LogP contribution in [0.4, 0.5) is 0 Å². The second-order valence-electron chi connectivity index (χ2n) is 3.79. The second-order valence-corrected chi connectivity index (χ2v) is 3.79. The average molecular weight is 216 g/mol. The number of nitrogens with one attached hydrogen (secondary N) is 1. The smallest absolute Gasteiger partial charge is 0.123 e. The van der Waals surface area contributed by atoms with Crippen molar-refractivity contribution >= 4 is 0 Å². The van der Waals surface area contributed by atoms with E-state index in [1.807, 2.05) is 26.2 Å². The summed E-state index contributed by atoms with van der Waals surface area (Å²) in [6, 6.07) is 3.97. The highest BCUT2D eigenvalue weighted by Gasteiger charge is 2.11. The van der Waals surface area contributed by atoms with E-state index in [1.165, 1.54) is 5.69 Å². The third-order valence-corrected chi connectivity index (χ3v) is 2.76. The summed E-state index contributed by atoms with van der Waals surface area (Å²) in [6.45, 7) is 2.87. The van der Waals surface area contributed by atoms with E-state index in [2.05, 4.69) is 26.8 Å². The number of hydrogen-bond donors (Lipinski definition) is 1. The van der Waals surface area contributed by atoms with Gasteiger partial charge in [-0.3, -0.25) is 4.98 Å². The maximum absolute atomic E-state index is 4.64. The third-order valence-electron chi connectivity index (χ3n) is 2.76. The molecule has 0 amide bonds. The molecule has 84 valence electrons. The molecule has 1 N–H and O–H groups in total.